The van der Waals surface area contributed by atoms with E-state index in [-0.39, 0.29) is 23.6 Å². The van der Waals surface area contributed by atoms with Crippen molar-refractivity contribution in [2.24, 2.45) is 0 Å². The van der Waals surface area contributed by atoms with Gasteiger partial charge in [-0.15, -0.1) is 0 Å². The molecule has 33 heavy (non-hydrogen) atoms. The molecule has 0 saturated heterocycles. The van der Waals surface area contributed by atoms with Gasteiger partial charge in [-0.05, 0) is 52.3 Å². The first kappa shape index (κ1) is 22.6. The zero-order chi connectivity index (χ0) is 23.7. The van der Waals surface area contributed by atoms with Crippen LogP contribution in [-0.2, 0) is 9.47 Å². The Balaban J connectivity index is 1.59. The predicted molar refractivity (Wildman–Crippen MR) is 126 cm³/mol. The molecule has 7 nitrogen and oxygen atoms in total. The maximum absolute atomic E-state index is 13.0. The molecular formula is C25H24BNO6. The molecule has 3 aromatic rings. The van der Waals surface area contributed by atoms with Crippen LogP contribution in [0, 0.1) is 6.92 Å². The lowest BCUT2D eigenvalue weighted by Crippen LogP contribution is -2.35. The maximum Gasteiger partial charge on any atom is 0.488 e. The van der Waals surface area contributed by atoms with Crippen LogP contribution < -0.4 is 10.4 Å². The predicted octanol–water partition coefficient (Wildman–Crippen LogP) is 2.85. The first-order valence-electron chi connectivity index (χ1n) is 10.5. The molecule has 2 N–H and O–H groups in total. The van der Waals surface area contributed by atoms with Gasteiger partial charge in [-0.25, -0.2) is 9.59 Å². The molecule has 0 aromatic heterocycles. The Bertz CT molecular complexity index is 1180. The Hall–Kier alpha value is -3.62. The van der Waals surface area contributed by atoms with Crippen LogP contribution in [-0.4, -0.2) is 50.0 Å². The second-order valence-corrected chi connectivity index (χ2v) is 7.94. The molecule has 0 radical (unpaired) electrons. The number of benzene rings is 3. The Morgan fingerprint density at radius 1 is 1.00 bits per heavy atom. The van der Waals surface area contributed by atoms with E-state index in [1.54, 1.807) is 6.92 Å². The summed E-state index contributed by atoms with van der Waals surface area (Å²) in [6.07, 6.45) is -0.625. The van der Waals surface area contributed by atoms with E-state index in [0.29, 0.717) is 11.3 Å². The fourth-order valence-corrected chi connectivity index (χ4v) is 4.33. The number of carbonyl (C=O) groups is 2. The molecule has 0 heterocycles. The molecule has 0 saturated carbocycles. The van der Waals surface area contributed by atoms with Gasteiger partial charge in [0.25, 0.3) is 0 Å². The molecule has 0 fully saturated rings. The van der Waals surface area contributed by atoms with Gasteiger partial charge >= 0.3 is 19.2 Å². The smallest absolute Gasteiger partial charge is 0.465 e. The number of ether oxygens (including phenoxy) is 2. The molecule has 168 valence electrons. The summed E-state index contributed by atoms with van der Waals surface area (Å²) in [6.45, 7) is 1.80. The number of methoxy groups -OCH3 is 1. The van der Waals surface area contributed by atoms with Gasteiger partial charge in [0.1, 0.15) is 6.61 Å². The monoisotopic (exact) mass is 445 g/mol. The van der Waals surface area contributed by atoms with Crippen LogP contribution in [0.15, 0.2) is 60.7 Å². The molecule has 1 amide bonds. The molecule has 1 aliphatic carbocycles. The van der Waals surface area contributed by atoms with Gasteiger partial charge in [-0.2, -0.15) is 0 Å². The fourth-order valence-electron chi connectivity index (χ4n) is 4.33. The quantitative estimate of drug-likeness (QED) is 0.463. The van der Waals surface area contributed by atoms with Gasteiger partial charge < -0.3 is 19.5 Å². The summed E-state index contributed by atoms with van der Waals surface area (Å²) in [4.78, 5) is 26.4. The van der Waals surface area contributed by atoms with Crippen molar-refractivity contribution in [1.29, 1.82) is 0 Å². The van der Waals surface area contributed by atoms with E-state index in [1.165, 1.54) is 31.2 Å². The van der Waals surface area contributed by atoms with Gasteiger partial charge in [-0.1, -0.05) is 48.5 Å². The van der Waals surface area contributed by atoms with Crippen LogP contribution in [0.5, 0.6) is 0 Å². The summed E-state index contributed by atoms with van der Waals surface area (Å²) in [5.41, 5.74) is 5.44. The number of carbonyl (C=O) groups excluding carboxylic acids is 2. The molecule has 0 spiro atoms. The first-order chi connectivity index (χ1) is 15.8. The van der Waals surface area contributed by atoms with Crippen molar-refractivity contribution >= 4 is 30.3 Å². The lowest BCUT2D eigenvalue weighted by atomic mass is 9.78. The van der Waals surface area contributed by atoms with E-state index < -0.39 is 19.2 Å². The van der Waals surface area contributed by atoms with Crippen LogP contribution >= 0.6 is 0 Å². The molecule has 0 bridgehead atoms. The average molecular weight is 445 g/mol. The molecule has 8 heteroatoms. The Morgan fingerprint density at radius 3 is 2.12 bits per heavy atom. The summed E-state index contributed by atoms with van der Waals surface area (Å²) in [5.74, 6) is -0.732. The van der Waals surface area contributed by atoms with Gasteiger partial charge in [0.05, 0.1) is 18.4 Å². The van der Waals surface area contributed by atoms with Crippen LogP contribution in [0.25, 0.3) is 11.1 Å². The van der Waals surface area contributed by atoms with Crippen molar-refractivity contribution in [3.63, 3.8) is 0 Å². The Kier molecular flexibility index (Phi) is 6.22. The molecule has 4 rings (SSSR count). The molecule has 3 aromatic carbocycles. The third-order valence-corrected chi connectivity index (χ3v) is 6.08. The van der Waals surface area contributed by atoms with Crippen molar-refractivity contribution in [1.82, 2.24) is 0 Å². The van der Waals surface area contributed by atoms with E-state index in [9.17, 15) is 19.6 Å². The Morgan fingerprint density at radius 2 is 1.58 bits per heavy atom. The zero-order valence-corrected chi connectivity index (χ0v) is 18.6. The molecule has 0 atom stereocenters. The highest BCUT2D eigenvalue weighted by atomic mass is 16.6. The highest BCUT2D eigenvalue weighted by molar-refractivity contribution is 6.59. The average Bonchev–Trinajstić information content (AvgIpc) is 3.15. The number of hydrogen-bond donors (Lipinski definition) is 2. The fraction of sp³-hybridized carbons (Fsp3) is 0.200. The van der Waals surface area contributed by atoms with E-state index in [0.717, 1.165) is 22.3 Å². The highest BCUT2D eigenvalue weighted by Crippen LogP contribution is 2.44. The van der Waals surface area contributed by atoms with Gasteiger partial charge in [0, 0.05) is 13.0 Å². The third kappa shape index (κ3) is 4.10. The van der Waals surface area contributed by atoms with Crippen molar-refractivity contribution in [3.05, 3.63) is 82.9 Å². The summed E-state index contributed by atoms with van der Waals surface area (Å²) in [7, 11) is 0.929. The number of anilines is 1. The topological polar surface area (TPSA) is 96.3 Å². The number of nitrogens with zero attached hydrogens (tertiary/aromatic N) is 1. The Labute approximate surface area is 192 Å². The lowest BCUT2D eigenvalue weighted by molar-refractivity contribution is 0.0600. The first-order valence-corrected chi connectivity index (χ1v) is 10.5. The highest BCUT2D eigenvalue weighted by Gasteiger charge is 2.30. The van der Waals surface area contributed by atoms with Crippen LogP contribution in [0.1, 0.15) is 33.0 Å². The van der Waals surface area contributed by atoms with E-state index >= 15 is 0 Å². The van der Waals surface area contributed by atoms with Crippen LogP contribution in [0.3, 0.4) is 0 Å². The standard InChI is InChI=1S/C25H24BNO6/c1-15-21(24(28)32-3)12-16(26(30)31)13-23(15)27(2)25(29)33-14-22-19-10-6-4-8-17(19)18-9-5-7-11-20(18)22/h4-13,22,30-31H,14H2,1-3H3. The van der Waals surface area contributed by atoms with Gasteiger partial charge in [-0.3, -0.25) is 4.90 Å². The summed E-state index contributed by atoms with van der Waals surface area (Å²) < 4.78 is 10.5. The van der Waals surface area contributed by atoms with Crippen molar-refractivity contribution in [3.8, 4) is 11.1 Å². The van der Waals surface area contributed by atoms with Crippen molar-refractivity contribution < 1.29 is 29.1 Å². The third-order valence-electron chi connectivity index (χ3n) is 6.08. The number of amides is 1. The summed E-state index contributed by atoms with van der Waals surface area (Å²) in [5, 5.41) is 19.3. The van der Waals surface area contributed by atoms with E-state index in [1.807, 2.05) is 36.4 Å². The maximum atomic E-state index is 13.0. The van der Waals surface area contributed by atoms with Crippen LogP contribution in [0.2, 0.25) is 0 Å². The molecule has 1 aliphatic rings. The normalized spacial score (nSPS) is 12.0. The molecule has 0 unspecified atom stereocenters. The van der Waals surface area contributed by atoms with Crippen molar-refractivity contribution in [2.75, 3.05) is 25.7 Å². The van der Waals surface area contributed by atoms with Crippen molar-refractivity contribution in [2.45, 2.75) is 12.8 Å². The van der Waals surface area contributed by atoms with Crippen LogP contribution in [0.4, 0.5) is 10.5 Å². The number of hydrogen-bond acceptors (Lipinski definition) is 6. The lowest BCUT2D eigenvalue weighted by Gasteiger charge is -2.23. The van der Waals surface area contributed by atoms with Gasteiger partial charge in [0.15, 0.2) is 0 Å². The SMILES string of the molecule is COC(=O)c1cc(B(O)O)cc(N(C)C(=O)OCC2c3ccccc3-c3ccccc32)c1C. The molecule has 0 aliphatic heterocycles. The second-order valence-electron chi connectivity index (χ2n) is 7.94. The summed E-state index contributed by atoms with van der Waals surface area (Å²) >= 11 is 0. The minimum absolute atomic E-state index is 0.0642. The minimum Gasteiger partial charge on any atom is -0.465 e. The van der Waals surface area contributed by atoms with Gasteiger partial charge in [0.2, 0.25) is 0 Å². The second kappa shape index (κ2) is 9.09. The molecular weight excluding hydrogens is 421 g/mol. The van der Waals surface area contributed by atoms with E-state index in [2.05, 4.69) is 12.1 Å². The number of fused-ring (bicyclic) bond motifs is 3. The number of rotatable bonds is 5. The zero-order valence-electron chi connectivity index (χ0n) is 18.6. The largest absolute Gasteiger partial charge is 0.488 e. The number of esters is 1. The van der Waals surface area contributed by atoms with E-state index in [4.69, 9.17) is 9.47 Å². The minimum atomic E-state index is -1.82. The summed E-state index contributed by atoms with van der Waals surface area (Å²) in [6, 6.07) is 18.9.